The number of carbonyl (C=O) groups is 2. The van der Waals surface area contributed by atoms with Crippen molar-refractivity contribution in [3.05, 3.63) is 11.6 Å². The van der Waals surface area contributed by atoms with Crippen molar-refractivity contribution in [2.75, 3.05) is 0 Å². The molecule has 2 bridgehead atoms. The molecule has 0 aromatic carbocycles. The van der Waals surface area contributed by atoms with E-state index in [0.717, 1.165) is 25.5 Å². The van der Waals surface area contributed by atoms with Gasteiger partial charge in [0.05, 0.1) is 0 Å². The molecule has 76 valence electrons. The number of fused-ring (bicyclic) bond motifs is 2. The SMILES string of the molecule is CC1=C[C@@]2(CCC=O)C[C@@H]1CCC2=O. The van der Waals surface area contributed by atoms with Crippen molar-refractivity contribution in [3.8, 4) is 0 Å². The average Bonchev–Trinajstić information content (AvgIpc) is 2.45. The van der Waals surface area contributed by atoms with Crippen LogP contribution in [0.4, 0.5) is 0 Å². The lowest BCUT2D eigenvalue weighted by Gasteiger charge is -2.31. The number of hydrogen-bond donors (Lipinski definition) is 0. The van der Waals surface area contributed by atoms with Crippen LogP contribution in [-0.2, 0) is 9.59 Å². The molecule has 0 radical (unpaired) electrons. The molecule has 0 aromatic rings. The van der Waals surface area contributed by atoms with Crippen LogP contribution in [0.2, 0.25) is 0 Å². The minimum absolute atomic E-state index is 0.256. The van der Waals surface area contributed by atoms with Crippen molar-refractivity contribution in [3.63, 3.8) is 0 Å². The topological polar surface area (TPSA) is 34.1 Å². The first-order chi connectivity index (χ1) is 6.68. The molecule has 2 rings (SSSR count). The molecule has 2 aliphatic carbocycles. The van der Waals surface area contributed by atoms with Gasteiger partial charge in [0.25, 0.3) is 0 Å². The number of rotatable bonds is 3. The van der Waals surface area contributed by atoms with Crippen molar-refractivity contribution in [1.29, 1.82) is 0 Å². The van der Waals surface area contributed by atoms with E-state index in [1.165, 1.54) is 5.57 Å². The number of carbonyl (C=O) groups excluding carboxylic acids is 2. The summed E-state index contributed by atoms with van der Waals surface area (Å²) >= 11 is 0. The summed E-state index contributed by atoms with van der Waals surface area (Å²) in [6.45, 7) is 2.12. The van der Waals surface area contributed by atoms with E-state index in [1.54, 1.807) is 0 Å². The van der Waals surface area contributed by atoms with E-state index in [1.807, 2.05) is 0 Å². The molecular weight excluding hydrogens is 176 g/mol. The maximum atomic E-state index is 11.9. The Kier molecular flexibility index (Phi) is 2.30. The van der Waals surface area contributed by atoms with Crippen molar-refractivity contribution < 1.29 is 9.59 Å². The van der Waals surface area contributed by atoms with Crippen molar-refractivity contribution in [2.45, 2.75) is 39.0 Å². The minimum Gasteiger partial charge on any atom is -0.303 e. The average molecular weight is 192 g/mol. The summed E-state index contributed by atoms with van der Waals surface area (Å²) < 4.78 is 0. The Labute approximate surface area is 84.4 Å². The van der Waals surface area contributed by atoms with Gasteiger partial charge in [-0.05, 0) is 32.1 Å². The Morgan fingerprint density at radius 3 is 3.14 bits per heavy atom. The first-order valence-corrected chi connectivity index (χ1v) is 5.34. The summed E-state index contributed by atoms with van der Waals surface area (Å²) in [6.07, 6.45) is 6.99. The first-order valence-electron chi connectivity index (χ1n) is 5.34. The van der Waals surface area contributed by atoms with E-state index in [-0.39, 0.29) is 5.41 Å². The summed E-state index contributed by atoms with van der Waals surface area (Å²) in [5.74, 6) is 0.965. The molecule has 1 fully saturated rings. The fourth-order valence-electron chi connectivity index (χ4n) is 2.92. The summed E-state index contributed by atoms with van der Waals surface area (Å²) in [5, 5.41) is 0. The molecule has 14 heavy (non-hydrogen) atoms. The molecule has 0 aromatic heterocycles. The Hall–Kier alpha value is -0.920. The van der Waals surface area contributed by atoms with E-state index in [4.69, 9.17) is 0 Å². The lowest BCUT2D eigenvalue weighted by molar-refractivity contribution is -0.129. The lowest BCUT2D eigenvalue weighted by Crippen LogP contribution is -2.32. The van der Waals surface area contributed by atoms with Crippen LogP contribution < -0.4 is 0 Å². The van der Waals surface area contributed by atoms with Crippen LogP contribution in [0.3, 0.4) is 0 Å². The predicted molar refractivity (Wildman–Crippen MR) is 53.8 cm³/mol. The van der Waals surface area contributed by atoms with Gasteiger partial charge in [-0.15, -0.1) is 0 Å². The molecule has 0 amide bonds. The molecule has 2 atom stereocenters. The maximum Gasteiger partial charge on any atom is 0.142 e. The third-order valence-corrected chi connectivity index (χ3v) is 3.74. The Morgan fingerprint density at radius 2 is 2.43 bits per heavy atom. The van der Waals surface area contributed by atoms with E-state index in [9.17, 15) is 9.59 Å². The van der Waals surface area contributed by atoms with Crippen LogP contribution in [-0.4, -0.2) is 12.1 Å². The van der Waals surface area contributed by atoms with Gasteiger partial charge in [0.15, 0.2) is 0 Å². The van der Waals surface area contributed by atoms with E-state index in [2.05, 4.69) is 13.0 Å². The molecule has 2 nitrogen and oxygen atoms in total. The Balaban J connectivity index is 2.22. The maximum absolute atomic E-state index is 11.9. The molecule has 0 saturated heterocycles. The van der Waals surface area contributed by atoms with Gasteiger partial charge in [-0.1, -0.05) is 11.6 Å². The molecule has 0 heterocycles. The number of aldehydes is 1. The highest BCUT2D eigenvalue weighted by atomic mass is 16.1. The van der Waals surface area contributed by atoms with Crippen molar-refractivity contribution in [1.82, 2.24) is 0 Å². The predicted octanol–water partition coefficient (Wildman–Crippen LogP) is 2.28. The smallest absolute Gasteiger partial charge is 0.142 e. The molecule has 1 saturated carbocycles. The largest absolute Gasteiger partial charge is 0.303 e. The fraction of sp³-hybridized carbons (Fsp3) is 0.667. The van der Waals surface area contributed by atoms with Crippen LogP contribution in [0.25, 0.3) is 0 Å². The van der Waals surface area contributed by atoms with Gasteiger partial charge >= 0.3 is 0 Å². The fourth-order valence-corrected chi connectivity index (χ4v) is 2.92. The van der Waals surface area contributed by atoms with Crippen LogP contribution >= 0.6 is 0 Å². The molecule has 0 spiro atoms. The highest BCUT2D eigenvalue weighted by Gasteiger charge is 2.45. The van der Waals surface area contributed by atoms with Gasteiger partial charge in [-0.3, -0.25) is 4.79 Å². The van der Waals surface area contributed by atoms with Gasteiger partial charge in [0.1, 0.15) is 12.1 Å². The Morgan fingerprint density at radius 1 is 1.64 bits per heavy atom. The summed E-state index contributed by atoms with van der Waals surface area (Å²) in [4.78, 5) is 22.2. The number of Topliss-reactive ketones (excluding diaryl/α,β-unsaturated/α-hetero) is 1. The van der Waals surface area contributed by atoms with Crippen LogP contribution in [0.5, 0.6) is 0 Å². The Bertz CT molecular complexity index is 303. The standard InChI is InChI=1S/C12H16O2/c1-9-7-12(5-2-6-13)8-10(9)3-4-11(12)14/h6-7,10H,2-5,8H2,1H3/t10-,12-/m0/s1. The van der Waals surface area contributed by atoms with Crippen LogP contribution in [0.1, 0.15) is 39.0 Å². The number of hydrogen-bond acceptors (Lipinski definition) is 2. The summed E-state index contributed by atoms with van der Waals surface area (Å²) in [5.41, 5.74) is 1.11. The van der Waals surface area contributed by atoms with Crippen molar-refractivity contribution >= 4 is 12.1 Å². The van der Waals surface area contributed by atoms with Gasteiger partial charge in [-0.2, -0.15) is 0 Å². The van der Waals surface area contributed by atoms with Crippen molar-refractivity contribution in [2.24, 2.45) is 11.3 Å². The zero-order chi connectivity index (χ0) is 10.2. The minimum atomic E-state index is -0.256. The highest BCUT2D eigenvalue weighted by molar-refractivity contribution is 5.89. The molecular formula is C12H16O2. The zero-order valence-electron chi connectivity index (χ0n) is 8.58. The second-order valence-corrected chi connectivity index (χ2v) is 4.61. The second kappa shape index (κ2) is 3.34. The van der Waals surface area contributed by atoms with E-state index in [0.29, 0.717) is 24.5 Å². The first kappa shape index (κ1) is 9.63. The van der Waals surface area contributed by atoms with E-state index < -0.39 is 0 Å². The molecule has 0 N–H and O–H groups in total. The van der Waals surface area contributed by atoms with Crippen LogP contribution in [0, 0.1) is 11.3 Å². The molecule has 2 aliphatic rings. The number of ketones is 1. The second-order valence-electron chi connectivity index (χ2n) is 4.61. The third kappa shape index (κ3) is 1.33. The highest BCUT2D eigenvalue weighted by Crippen LogP contribution is 2.50. The third-order valence-electron chi connectivity index (χ3n) is 3.74. The molecule has 0 aliphatic heterocycles. The number of allylic oxidation sites excluding steroid dienone is 2. The summed E-state index contributed by atoms with van der Waals surface area (Å²) in [7, 11) is 0. The zero-order valence-corrected chi connectivity index (χ0v) is 8.58. The van der Waals surface area contributed by atoms with Gasteiger partial charge in [-0.25, -0.2) is 0 Å². The molecule has 0 unspecified atom stereocenters. The molecule has 2 heteroatoms. The van der Waals surface area contributed by atoms with Gasteiger partial charge in [0, 0.05) is 18.3 Å². The monoisotopic (exact) mass is 192 g/mol. The van der Waals surface area contributed by atoms with Gasteiger partial charge < -0.3 is 4.79 Å². The van der Waals surface area contributed by atoms with Gasteiger partial charge in [0.2, 0.25) is 0 Å². The normalized spacial score (nSPS) is 35.6. The lowest BCUT2D eigenvalue weighted by atomic mass is 9.71. The van der Waals surface area contributed by atoms with Crippen LogP contribution in [0.15, 0.2) is 11.6 Å². The van der Waals surface area contributed by atoms with E-state index >= 15 is 0 Å². The summed E-state index contributed by atoms with van der Waals surface area (Å²) in [6, 6.07) is 0. The quantitative estimate of drug-likeness (QED) is 0.508.